The topological polar surface area (TPSA) is 76.7 Å². The number of aryl methyl sites for hydroxylation is 1. The van der Waals surface area contributed by atoms with Gasteiger partial charge in [-0.2, -0.15) is 0 Å². The number of hydrogen-bond donors (Lipinski definition) is 1. The number of furan rings is 1. The number of rotatable bonds is 5. The molecule has 0 fully saturated rings. The van der Waals surface area contributed by atoms with E-state index in [2.05, 4.69) is 4.74 Å². The molecule has 0 aliphatic rings. The lowest BCUT2D eigenvalue weighted by Crippen LogP contribution is -2.00. The number of ether oxygens (including phenoxy) is 1. The number of benzene rings is 1. The molecule has 110 valence electrons. The molecule has 0 amide bonds. The smallest absolute Gasteiger partial charge is 0.374 e. The Balaban J connectivity index is 2.08. The van der Waals surface area contributed by atoms with Gasteiger partial charge < -0.3 is 14.3 Å². The van der Waals surface area contributed by atoms with Crippen LogP contribution in [0.15, 0.2) is 39.6 Å². The summed E-state index contributed by atoms with van der Waals surface area (Å²) in [5.41, 5.74) is 0.961. The second-order valence-corrected chi connectivity index (χ2v) is 5.39. The number of carboxylic acid groups (broad SMARTS) is 1. The molecule has 1 N–H and O–H groups in total. The molecule has 0 saturated carbocycles. The van der Waals surface area contributed by atoms with Crippen LogP contribution >= 0.6 is 11.8 Å². The van der Waals surface area contributed by atoms with Crippen LogP contribution < -0.4 is 0 Å². The Kier molecular flexibility index (Phi) is 4.70. The van der Waals surface area contributed by atoms with Crippen molar-refractivity contribution < 1.29 is 23.8 Å². The molecule has 2 aromatic rings. The van der Waals surface area contributed by atoms with Crippen molar-refractivity contribution in [1.82, 2.24) is 0 Å². The molecule has 0 saturated heterocycles. The van der Waals surface area contributed by atoms with Gasteiger partial charge in [-0.25, -0.2) is 9.59 Å². The van der Waals surface area contributed by atoms with Gasteiger partial charge >= 0.3 is 11.9 Å². The molecule has 0 aliphatic carbocycles. The molecule has 6 heteroatoms. The van der Waals surface area contributed by atoms with E-state index in [-0.39, 0.29) is 11.3 Å². The predicted molar refractivity (Wildman–Crippen MR) is 77.7 cm³/mol. The van der Waals surface area contributed by atoms with Gasteiger partial charge in [-0.15, -0.1) is 11.8 Å². The lowest BCUT2D eigenvalue weighted by molar-refractivity contribution is 0.0561. The first-order chi connectivity index (χ1) is 10.0. The van der Waals surface area contributed by atoms with Crippen molar-refractivity contribution in [3.8, 4) is 0 Å². The van der Waals surface area contributed by atoms with Gasteiger partial charge in [0, 0.05) is 10.5 Å². The van der Waals surface area contributed by atoms with E-state index in [0.29, 0.717) is 11.5 Å². The molecule has 2 rings (SSSR count). The number of methoxy groups -OCH3 is 1. The Morgan fingerprint density at radius 3 is 2.76 bits per heavy atom. The van der Waals surface area contributed by atoms with Crippen LogP contribution in [0.1, 0.15) is 32.2 Å². The Morgan fingerprint density at radius 1 is 1.33 bits per heavy atom. The molecule has 1 aromatic carbocycles. The van der Waals surface area contributed by atoms with Gasteiger partial charge in [0.15, 0.2) is 0 Å². The van der Waals surface area contributed by atoms with E-state index < -0.39 is 11.9 Å². The summed E-state index contributed by atoms with van der Waals surface area (Å²) in [5, 5.41) is 8.94. The molecular weight excluding hydrogens is 292 g/mol. The minimum atomic E-state index is -0.959. The molecule has 0 unspecified atom stereocenters. The summed E-state index contributed by atoms with van der Waals surface area (Å²) in [6.07, 6.45) is 0. The van der Waals surface area contributed by atoms with E-state index in [1.807, 2.05) is 6.07 Å². The Bertz CT molecular complexity index is 674. The molecule has 1 aromatic heterocycles. The first-order valence-corrected chi connectivity index (χ1v) is 7.13. The van der Waals surface area contributed by atoms with Gasteiger partial charge in [-0.05, 0) is 31.2 Å². The van der Waals surface area contributed by atoms with E-state index in [9.17, 15) is 9.59 Å². The lowest BCUT2D eigenvalue weighted by Gasteiger charge is -2.01. The van der Waals surface area contributed by atoms with Crippen LogP contribution in [0.5, 0.6) is 0 Å². The van der Waals surface area contributed by atoms with Crippen LogP contribution in [-0.2, 0) is 10.5 Å². The first kappa shape index (κ1) is 15.2. The van der Waals surface area contributed by atoms with Gasteiger partial charge in [-0.1, -0.05) is 6.07 Å². The molecule has 1 heterocycles. The zero-order valence-electron chi connectivity index (χ0n) is 11.6. The van der Waals surface area contributed by atoms with Crippen molar-refractivity contribution in [2.24, 2.45) is 0 Å². The van der Waals surface area contributed by atoms with E-state index in [4.69, 9.17) is 9.52 Å². The monoisotopic (exact) mass is 306 g/mol. The van der Waals surface area contributed by atoms with Crippen LogP contribution in [0, 0.1) is 6.92 Å². The minimum Gasteiger partial charge on any atom is -0.478 e. The third-order valence-corrected chi connectivity index (χ3v) is 3.82. The van der Waals surface area contributed by atoms with E-state index in [0.717, 1.165) is 10.5 Å². The molecule has 0 bridgehead atoms. The van der Waals surface area contributed by atoms with Crippen molar-refractivity contribution in [2.45, 2.75) is 17.6 Å². The van der Waals surface area contributed by atoms with Crippen LogP contribution in [-0.4, -0.2) is 24.2 Å². The number of thioether (sulfide) groups is 1. The second kappa shape index (κ2) is 6.49. The van der Waals surface area contributed by atoms with Crippen LogP contribution in [0.2, 0.25) is 0 Å². The molecule has 0 radical (unpaired) electrons. The Morgan fingerprint density at radius 2 is 2.10 bits per heavy atom. The quantitative estimate of drug-likeness (QED) is 0.674. The third-order valence-electron chi connectivity index (χ3n) is 2.80. The number of hydrogen-bond acceptors (Lipinski definition) is 5. The van der Waals surface area contributed by atoms with E-state index in [1.54, 1.807) is 31.2 Å². The molecule has 5 nitrogen and oxygen atoms in total. The first-order valence-electron chi connectivity index (χ1n) is 6.15. The van der Waals surface area contributed by atoms with Crippen molar-refractivity contribution >= 4 is 23.7 Å². The maximum absolute atomic E-state index is 11.5. The largest absolute Gasteiger partial charge is 0.478 e. The minimum absolute atomic E-state index is 0.201. The summed E-state index contributed by atoms with van der Waals surface area (Å²) < 4.78 is 10.1. The average molecular weight is 306 g/mol. The standard InChI is InChI=1S/C15H14O5S/c1-9-6-11(20-13(9)15(18)19-2)8-21-12-5-3-4-10(7-12)14(16)17/h3-7H,8H2,1-2H3,(H,16,17). The predicted octanol–water partition coefficient (Wildman–Crippen LogP) is 3.37. The fourth-order valence-corrected chi connectivity index (χ4v) is 2.62. The van der Waals surface area contributed by atoms with Crippen molar-refractivity contribution in [3.05, 3.63) is 53.0 Å². The third kappa shape index (κ3) is 3.66. The molecule has 0 spiro atoms. The second-order valence-electron chi connectivity index (χ2n) is 4.34. The van der Waals surface area contributed by atoms with Crippen molar-refractivity contribution in [2.75, 3.05) is 7.11 Å². The zero-order chi connectivity index (χ0) is 15.4. The van der Waals surface area contributed by atoms with Crippen molar-refractivity contribution in [1.29, 1.82) is 0 Å². The highest BCUT2D eigenvalue weighted by atomic mass is 32.2. The number of aromatic carboxylic acids is 1. The highest BCUT2D eigenvalue weighted by Gasteiger charge is 2.16. The number of carbonyl (C=O) groups is 2. The highest BCUT2D eigenvalue weighted by Crippen LogP contribution is 2.26. The average Bonchev–Trinajstić information content (AvgIpc) is 2.85. The maximum atomic E-state index is 11.5. The fourth-order valence-electron chi connectivity index (χ4n) is 1.79. The summed E-state index contributed by atoms with van der Waals surface area (Å²) >= 11 is 1.44. The van der Waals surface area contributed by atoms with Crippen LogP contribution in [0.25, 0.3) is 0 Å². The van der Waals surface area contributed by atoms with Gasteiger partial charge in [-0.3, -0.25) is 0 Å². The summed E-state index contributed by atoms with van der Waals surface area (Å²) in [7, 11) is 1.30. The van der Waals surface area contributed by atoms with Crippen LogP contribution in [0.4, 0.5) is 0 Å². The number of esters is 1. The summed E-state index contributed by atoms with van der Waals surface area (Å²) in [6.45, 7) is 1.77. The van der Waals surface area contributed by atoms with Gasteiger partial charge in [0.1, 0.15) is 5.76 Å². The Labute approximate surface area is 125 Å². The normalized spacial score (nSPS) is 10.4. The maximum Gasteiger partial charge on any atom is 0.374 e. The van der Waals surface area contributed by atoms with Crippen LogP contribution in [0.3, 0.4) is 0 Å². The van der Waals surface area contributed by atoms with Crippen molar-refractivity contribution in [3.63, 3.8) is 0 Å². The zero-order valence-corrected chi connectivity index (χ0v) is 12.4. The Hall–Kier alpha value is -2.21. The molecule has 21 heavy (non-hydrogen) atoms. The van der Waals surface area contributed by atoms with Gasteiger partial charge in [0.05, 0.1) is 18.4 Å². The molecular formula is C15H14O5S. The SMILES string of the molecule is COC(=O)c1oc(CSc2cccc(C(=O)O)c2)cc1C. The van der Waals surface area contributed by atoms with Gasteiger partial charge in [0.2, 0.25) is 5.76 Å². The summed E-state index contributed by atoms with van der Waals surface area (Å²) in [4.78, 5) is 23.2. The summed E-state index contributed by atoms with van der Waals surface area (Å²) in [6, 6.07) is 8.44. The number of carbonyl (C=O) groups excluding carboxylic acids is 1. The fraction of sp³-hybridized carbons (Fsp3) is 0.200. The summed E-state index contributed by atoms with van der Waals surface area (Å²) in [5.74, 6) is -0.122. The van der Waals surface area contributed by atoms with E-state index in [1.165, 1.54) is 18.9 Å². The highest BCUT2D eigenvalue weighted by molar-refractivity contribution is 7.98. The lowest BCUT2D eigenvalue weighted by atomic mass is 10.2. The molecule has 0 aliphatic heterocycles. The molecule has 0 atom stereocenters. The van der Waals surface area contributed by atoms with E-state index >= 15 is 0 Å². The van der Waals surface area contributed by atoms with Gasteiger partial charge in [0.25, 0.3) is 0 Å². The number of carboxylic acids is 1.